The highest BCUT2D eigenvalue weighted by Crippen LogP contribution is 2.30. The molecule has 168 valence electrons. The Morgan fingerprint density at radius 1 is 1.03 bits per heavy atom. The second-order valence-corrected chi connectivity index (χ2v) is 6.64. The first-order chi connectivity index (χ1) is 15.5. The monoisotopic (exact) mass is 433 g/mol. The molecule has 0 aliphatic heterocycles. The van der Waals surface area contributed by atoms with Crippen molar-refractivity contribution < 1.29 is 9.21 Å². The Morgan fingerprint density at radius 2 is 1.75 bits per heavy atom. The van der Waals surface area contributed by atoms with E-state index in [9.17, 15) is 9.59 Å². The molecule has 0 spiro atoms. The largest absolute Gasteiger partial charge is 0.423 e. The van der Waals surface area contributed by atoms with E-state index in [1.807, 2.05) is 82.8 Å². The molecule has 2 aromatic carbocycles. The van der Waals surface area contributed by atoms with Crippen molar-refractivity contribution in [2.75, 3.05) is 0 Å². The van der Waals surface area contributed by atoms with E-state index in [4.69, 9.17) is 4.42 Å². The summed E-state index contributed by atoms with van der Waals surface area (Å²) in [6.45, 7) is 10.3. The number of carbonyl (C=O) groups excluding carboxylic acids is 1. The SMILES string of the molecule is CC.CC.Cc1ccccc1-c1cc(=O)oc2cc(C(=O)NCc3nccn3C)ccc12. The number of hydrogen-bond donors (Lipinski definition) is 1. The van der Waals surface area contributed by atoms with E-state index >= 15 is 0 Å². The summed E-state index contributed by atoms with van der Waals surface area (Å²) in [5.41, 5.74) is 3.18. The predicted octanol–water partition coefficient (Wildman–Crippen LogP) is 5.48. The molecule has 0 aliphatic rings. The number of aromatic nitrogens is 2. The van der Waals surface area contributed by atoms with Crippen LogP contribution in [0.2, 0.25) is 0 Å². The zero-order valence-corrected chi connectivity index (χ0v) is 19.6. The van der Waals surface area contributed by atoms with Gasteiger partial charge in [0.25, 0.3) is 5.91 Å². The minimum atomic E-state index is -0.448. The third-order valence-electron chi connectivity index (χ3n) is 4.77. The summed E-state index contributed by atoms with van der Waals surface area (Å²) in [4.78, 5) is 28.8. The maximum Gasteiger partial charge on any atom is 0.336 e. The van der Waals surface area contributed by atoms with E-state index in [2.05, 4.69) is 10.3 Å². The van der Waals surface area contributed by atoms with Crippen molar-refractivity contribution in [1.82, 2.24) is 14.9 Å². The molecule has 0 fully saturated rings. The summed E-state index contributed by atoms with van der Waals surface area (Å²) in [6, 6.07) is 14.5. The molecule has 0 saturated carbocycles. The second kappa shape index (κ2) is 11.6. The summed E-state index contributed by atoms with van der Waals surface area (Å²) in [5.74, 6) is 0.497. The molecule has 6 heteroatoms. The quantitative estimate of drug-likeness (QED) is 0.432. The van der Waals surface area contributed by atoms with Gasteiger partial charge in [0.05, 0.1) is 6.54 Å². The van der Waals surface area contributed by atoms with Crippen LogP contribution in [0.25, 0.3) is 22.1 Å². The van der Waals surface area contributed by atoms with E-state index in [-0.39, 0.29) is 5.91 Å². The number of amides is 1. The van der Waals surface area contributed by atoms with Crippen LogP contribution in [0.15, 0.2) is 70.1 Å². The fraction of sp³-hybridized carbons (Fsp3) is 0.269. The van der Waals surface area contributed by atoms with Gasteiger partial charge in [-0.3, -0.25) is 4.79 Å². The van der Waals surface area contributed by atoms with Gasteiger partial charge in [-0.25, -0.2) is 9.78 Å². The van der Waals surface area contributed by atoms with Gasteiger partial charge in [-0.15, -0.1) is 0 Å². The first-order valence-corrected chi connectivity index (χ1v) is 10.9. The maximum absolute atomic E-state index is 12.5. The van der Waals surface area contributed by atoms with Gasteiger partial charge in [0, 0.05) is 42.0 Å². The lowest BCUT2D eigenvalue weighted by molar-refractivity contribution is 0.0949. The third-order valence-corrected chi connectivity index (χ3v) is 4.77. The first-order valence-electron chi connectivity index (χ1n) is 10.9. The van der Waals surface area contributed by atoms with E-state index < -0.39 is 5.63 Å². The Balaban J connectivity index is 0.000000860. The van der Waals surface area contributed by atoms with Gasteiger partial charge in [-0.05, 0) is 36.2 Å². The van der Waals surface area contributed by atoms with Gasteiger partial charge in [0.1, 0.15) is 11.4 Å². The van der Waals surface area contributed by atoms with Crippen LogP contribution in [0.3, 0.4) is 0 Å². The van der Waals surface area contributed by atoms with Crippen molar-refractivity contribution >= 4 is 16.9 Å². The van der Waals surface area contributed by atoms with Crippen LogP contribution >= 0.6 is 0 Å². The normalized spacial score (nSPS) is 9.94. The molecule has 1 N–H and O–H groups in total. The Kier molecular flexibility index (Phi) is 8.95. The highest BCUT2D eigenvalue weighted by Gasteiger charge is 2.13. The predicted molar refractivity (Wildman–Crippen MR) is 130 cm³/mol. The topological polar surface area (TPSA) is 77.1 Å². The number of imidazole rings is 1. The summed E-state index contributed by atoms with van der Waals surface area (Å²) < 4.78 is 7.21. The lowest BCUT2D eigenvalue weighted by Crippen LogP contribution is -2.24. The van der Waals surface area contributed by atoms with Gasteiger partial charge in [-0.1, -0.05) is 52.0 Å². The van der Waals surface area contributed by atoms with Crippen LogP contribution in [0.5, 0.6) is 0 Å². The van der Waals surface area contributed by atoms with E-state index in [0.29, 0.717) is 17.7 Å². The Labute approximate surface area is 188 Å². The summed E-state index contributed by atoms with van der Waals surface area (Å²) in [6.07, 6.45) is 3.50. The van der Waals surface area contributed by atoms with Crippen molar-refractivity contribution in [3.63, 3.8) is 0 Å². The fourth-order valence-electron chi connectivity index (χ4n) is 3.23. The number of nitrogens with zero attached hydrogens (tertiary/aromatic N) is 2. The van der Waals surface area contributed by atoms with E-state index in [0.717, 1.165) is 27.9 Å². The van der Waals surface area contributed by atoms with Crippen LogP contribution < -0.4 is 10.9 Å². The van der Waals surface area contributed by atoms with E-state index in [1.165, 1.54) is 6.07 Å². The third kappa shape index (κ3) is 5.52. The molecule has 0 bridgehead atoms. The molecule has 4 aromatic rings. The van der Waals surface area contributed by atoms with Gasteiger partial charge >= 0.3 is 5.63 Å². The van der Waals surface area contributed by atoms with Crippen LogP contribution in [-0.2, 0) is 13.6 Å². The van der Waals surface area contributed by atoms with E-state index in [1.54, 1.807) is 18.3 Å². The standard InChI is InChI=1S/C22H19N3O3.2C2H6/c1-14-5-3-4-6-16(14)18-12-21(26)28-19-11-15(7-8-17(18)19)22(27)24-13-20-23-9-10-25(20)2;2*1-2/h3-12H,13H2,1-2H3,(H,24,27);2*1-2H3. The number of aryl methyl sites for hydroxylation is 2. The average Bonchev–Trinajstić information content (AvgIpc) is 3.24. The van der Waals surface area contributed by atoms with Crippen molar-refractivity contribution in [2.45, 2.75) is 41.2 Å². The molecule has 1 amide bonds. The number of hydrogen-bond acceptors (Lipinski definition) is 4. The molecule has 6 nitrogen and oxygen atoms in total. The Hall–Kier alpha value is -3.67. The zero-order valence-electron chi connectivity index (χ0n) is 19.6. The number of carbonyl (C=O) groups is 1. The smallest absolute Gasteiger partial charge is 0.336 e. The zero-order chi connectivity index (χ0) is 23.7. The number of rotatable bonds is 4. The molecule has 0 unspecified atom stereocenters. The summed E-state index contributed by atoms with van der Waals surface area (Å²) >= 11 is 0. The second-order valence-electron chi connectivity index (χ2n) is 6.64. The van der Waals surface area contributed by atoms with Gasteiger partial charge in [0.15, 0.2) is 0 Å². The molecule has 0 atom stereocenters. The number of benzene rings is 2. The molecule has 0 radical (unpaired) electrons. The number of fused-ring (bicyclic) bond motifs is 1. The molecule has 0 saturated heterocycles. The lowest BCUT2D eigenvalue weighted by Gasteiger charge is -2.10. The molecule has 4 rings (SSSR count). The van der Waals surface area contributed by atoms with Crippen LogP contribution in [0.1, 0.15) is 49.4 Å². The average molecular weight is 434 g/mol. The van der Waals surface area contributed by atoms with Crippen LogP contribution in [0.4, 0.5) is 0 Å². The first kappa shape index (κ1) is 24.6. The minimum absolute atomic E-state index is 0.256. The number of nitrogens with one attached hydrogen (secondary N) is 1. The molecule has 0 aliphatic carbocycles. The lowest BCUT2D eigenvalue weighted by atomic mass is 9.97. The van der Waals surface area contributed by atoms with Gasteiger partial charge in [0.2, 0.25) is 0 Å². The molecule has 2 aromatic heterocycles. The molecule has 32 heavy (non-hydrogen) atoms. The molecule has 2 heterocycles. The maximum atomic E-state index is 12.5. The highest BCUT2D eigenvalue weighted by molar-refractivity contribution is 6.00. The van der Waals surface area contributed by atoms with Crippen molar-refractivity contribution in [2.24, 2.45) is 7.05 Å². The van der Waals surface area contributed by atoms with Crippen molar-refractivity contribution in [3.8, 4) is 11.1 Å². The van der Waals surface area contributed by atoms with Crippen molar-refractivity contribution in [1.29, 1.82) is 0 Å². The Morgan fingerprint density at radius 3 is 2.41 bits per heavy atom. The van der Waals surface area contributed by atoms with Crippen LogP contribution in [-0.4, -0.2) is 15.5 Å². The molecular formula is C26H31N3O3. The van der Waals surface area contributed by atoms with Gasteiger partial charge in [-0.2, -0.15) is 0 Å². The summed E-state index contributed by atoms with van der Waals surface area (Å²) in [5, 5.41) is 3.62. The Bertz CT molecular complexity index is 1240. The van der Waals surface area contributed by atoms with Crippen LogP contribution in [0, 0.1) is 6.92 Å². The summed E-state index contributed by atoms with van der Waals surface area (Å²) in [7, 11) is 1.87. The molecular weight excluding hydrogens is 402 g/mol. The van der Waals surface area contributed by atoms with Crippen molar-refractivity contribution in [3.05, 3.63) is 88.3 Å². The van der Waals surface area contributed by atoms with Gasteiger partial charge < -0.3 is 14.3 Å². The fourth-order valence-corrected chi connectivity index (χ4v) is 3.23. The highest BCUT2D eigenvalue weighted by atomic mass is 16.4. The minimum Gasteiger partial charge on any atom is -0.423 e.